The number of alkyl halides is 1. The van der Waals surface area contributed by atoms with E-state index in [1.54, 1.807) is 6.07 Å². The molecule has 3 heteroatoms. The molecule has 0 spiro atoms. The van der Waals surface area contributed by atoms with Gasteiger partial charge in [0, 0.05) is 23.9 Å². The smallest absolute Gasteiger partial charge is 0.192 e. The zero-order valence-corrected chi connectivity index (χ0v) is 7.83. The molecule has 2 nitrogen and oxygen atoms in total. The number of rotatable bonds is 2. The minimum Gasteiger partial charge on any atom is -0.494 e. The number of benzene rings is 1. The zero-order valence-electron chi connectivity index (χ0n) is 7.07. The van der Waals surface area contributed by atoms with Gasteiger partial charge in [-0.2, -0.15) is 0 Å². The highest BCUT2D eigenvalue weighted by molar-refractivity contribution is 6.17. The lowest BCUT2D eigenvalue weighted by atomic mass is 10.2. The van der Waals surface area contributed by atoms with Gasteiger partial charge < -0.3 is 9.67 Å². The fourth-order valence-electron chi connectivity index (χ4n) is 1.52. The van der Waals surface area contributed by atoms with E-state index in [0.29, 0.717) is 12.4 Å². The number of aromatic nitrogens is 1. The summed E-state index contributed by atoms with van der Waals surface area (Å²) in [5.74, 6) is 0.786. The summed E-state index contributed by atoms with van der Waals surface area (Å²) < 4.78 is 1.81. The minimum absolute atomic E-state index is 0.279. The molecule has 1 aromatic carbocycles. The molecular formula is C10H10ClNO. The predicted octanol–water partition coefficient (Wildman–Crippen LogP) is 2.59. The van der Waals surface area contributed by atoms with Gasteiger partial charge in [-0.05, 0) is 6.07 Å². The minimum atomic E-state index is 0.279. The van der Waals surface area contributed by atoms with Crippen LogP contribution in [-0.2, 0) is 6.54 Å². The summed E-state index contributed by atoms with van der Waals surface area (Å²) in [5, 5.41) is 10.6. The molecule has 0 unspecified atom stereocenters. The average Bonchev–Trinajstić information content (AvgIpc) is 2.44. The van der Waals surface area contributed by atoms with Crippen LogP contribution in [0, 0.1) is 0 Å². The summed E-state index contributed by atoms with van der Waals surface area (Å²) in [7, 11) is 0. The summed E-state index contributed by atoms with van der Waals surface area (Å²) in [6.45, 7) is 0.640. The molecule has 0 aliphatic carbocycles. The molecule has 1 aromatic heterocycles. The van der Waals surface area contributed by atoms with Crippen molar-refractivity contribution in [3.8, 4) is 5.88 Å². The largest absolute Gasteiger partial charge is 0.494 e. The second-order valence-electron chi connectivity index (χ2n) is 2.90. The van der Waals surface area contributed by atoms with Crippen LogP contribution in [0.2, 0.25) is 0 Å². The van der Waals surface area contributed by atoms with Gasteiger partial charge in [-0.1, -0.05) is 18.2 Å². The van der Waals surface area contributed by atoms with Gasteiger partial charge >= 0.3 is 0 Å². The van der Waals surface area contributed by atoms with Crippen molar-refractivity contribution >= 4 is 22.5 Å². The van der Waals surface area contributed by atoms with Crippen LogP contribution in [0.1, 0.15) is 0 Å². The molecular weight excluding hydrogens is 186 g/mol. The van der Waals surface area contributed by atoms with Gasteiger partial charge in [0.1, 0.15) is 0 Å². The Morgan fingerprint density at radius 3 is 2.85 bits per heavy atom. The Hall–Kier alpha value is -1.15. The lowest BCUT2D eigenvalue weighted by molar-refractivity contribution is 0.426. The van der Waals surface area contributed by atoms with Crippen molar-refractivity contribution in [3.63, 3.8) is 0 Å². The molecule has 13 heavy (non-hydrogen) atoms. The van der Waals surface area contributed by atoms with Crippen LogP contribution < -0.4 is 0 Å². The number of hydrogen-bond acceptors (Lipinski definition) is 1. The molecule has 0 saturated heterocycles. The summed E-state index contributed by atoms with van der Waals surface area (Å²) in [6, 6.07) is 9.60. The molecule has 1 N–H and O–H groups in total. The standard InChI is InChI=1S/C10H10ClNO/c11-5-6-12-9-4-2-1-3-8(9)7-10(12)13/h1-4,7,13H,5-6H2. The highest BCUT2D eigenvalue weighted by atomic mass is 35.5. The summed E-state index contributed by atoms with van der Waals surface area (Å²) in [5.41, 5.74) is 1.03. The number of para-hydroxylation sites is 1. The molecule has 2 aromatic rings. The average molecular weight is 196 g/mol. The monoisotopic (exact) mass is 195 g/mol. The van der Waals surface area contributed by atoms with E-state index in [1.807, 2.05) is 28.8 Å². The fourth-order valence-corrected chi connectivity index (χ4v) is 1.68. The molecule has 0 aliphatic rings. The Bertz CT molecular complexity index is 422. The van der Waals surface area contributed by atoms with Crippen molar-refractivity contribution in [2.24, 2.45) is 0 Å². The van der Waals surface area contributed by atoms with Crippen LogP contribution >= 0.6 is 11.6 Å². The third kappa shape index (κ3) is 1.38. The lowest BCUT2D eigenvalue weighted by Crippen LogP contribution is -1.97. The molecule has 0 atom stereocenters. The Balaban J connectivity index is 2.64. The third-order valence-corrected chi connectivity index (χ3v) is 2.27. The van der Waals surface area contributed by atoms with Crippen molar-refractivity contribution in [1.29, 1.82) is 0 Å². The lowest BCUT2D eigenvalue weighted by Gasteiger charge is -2.02. The Kier molecular flexibility index (Phi) is 2.15. The van der Waals surface area contributed by atoms with Gasteiger partial charge in [-0.15, -0.1) is 11.6 Å². The van der Waals surface area contributed by atoms with E-state index in [-0.39, 0.29) is 5.88 Å². The van der Waals surface area contributed by atoms with Crippen molar-refractivity contribution in [3.05, 3.63) is 30.3 Å². The van der Waals surface area contributed by atoms with Gasteiger partial charge in [0.05, 0.1) is 5.52 Å². The number of aromatic hydroxyl groups is 1. The normalized spacial score (nSPS) is 10.8. The van der Waals surface area contributed by atoms with Crippen LogP contribution in [0.4, 0.5) is 0 Å². The second kappa shape index (κ2) is 3.30. The van der Waals surface area contributed by atoms with Gasteiger partial charge in [-0.3, -0.25) is 0 Å². The van der Waals surface area contributed by atoms with Crippen LogP contribution in [0.25, 0.3) is 10.9 Å². The first-order valence-electron chi connectivity index (χ1n) is 4.16. The maximum atomic E-state index is 9.57. The summed E-state index contributed by atoms with van der Waals surface area (Å²) >= 11 is 5.63. The molecule has 0 aliphatic heterocycles. The topological polar surface area (TPSA) is 25.2 Å². The van der Waals surface area contributed by atoms with Crippen molar-refractivity contribution in [1.82, 2.24) is 4.57 Å². The van der Waals surface area contributed by atoms with E-state index in [4.69, 9.17) is 11.6 Å². The Morgan fingerprint density at radius 2 is 2.08 bits per heavy atom. The first-order chi connectivity index (χ1) is 6.33. The molecule has 0 bridgehead atoms. The third-order valence-electron chi connectivity index (χ3n) is 2.10. The van der Waals surface area contributed by atoms with Crippen molar-refractivity contribution in [2.75, 3.05) is 5.88 Å². The van der Waals surface area contributed by atoms with E-state index in [9.17, 15) is 5.11 Å². The number of hydrogen-bond donors (Lipinski definition) is 1. The Labute approximate surface area is 81.4 Å². The highest BCUT2D eigenvalue weighted by Gasteiger charge is 2.05. The Morgan fingerprint density at radius 1 is 1.31 bits per heavy atom. The molecule has 2 rings (SSSR count). The van der Waals surface area contributed by atoms with Gasteiger partial charge in [-0.25, -0.2) is 0 Å². The first-order valence-corrected chi connectivity index (χ1v) is 4.69. The van der Waals surface area contributed by atoms with E-state index in [0.717, 1.165) is 10.9 Å². The van der Waals surface area contributed by atoms with Crippen molar-refractivity contribution in [2.45, 2.75) is 6.54 Å². The fraction of sp³-hybridized carbons (Fsp3) is 0.200. The number of fused-ring (bicyclic) bond motifs is 1. The van der Waals surface area contributed by atoms with E-state index in [2.05, 4.69) is 0 Å². The number of halogens is 1. The summed E-state index contributed by atoms with van der Waals surface area (Å²) in [6.07, 6.45) is 0. The van der Waals surface area contributed by atoms with E-state index in [1.165, 1.54) is 0 Å². The molecule has 0 fully saturated rings. The zero-order chi connectivity index (χ0) is 9.26. The quantitative estimate of drug-likeness (QED) is 0.733. The highest BCUT2D eigenvalue weighted by Crippen LogP contribution is 2.23. The molecule has 1 heterocycles. The maximum absolute atomic E-state index is 9.57. The number of nitrogens with zero attached hydrogens (tertiary/aromatic N) is 1. The van der Waals surface area contributed by atoms with Crippen LogP contribution in [-0.4, -0.2) is 15.6 Å². The first kappa shape index (κ1) is 8.45. The molecule has 0 saturated carbocycles. The van der Waals surface area contributed by atoms with Crippen LogP contribution in [0.3, 0.4) is 0 Å². The van der Waals surface area contributed by atoms with E-state index < -0.39 is 0 Å². The SMILES string of the molecule is Oc1cc2ccccc2n1CCCl. The number of aryl methyl sites for hydroxylation is 1. The second-order valence-corrected chi connectivity index (χ2v) is 3.28. The molecule has 0 amide bonds. The molecule has 0 radical (unpaired) electrons. The van der Waals surface area contributed by atoms with E-state index >= 15 is 0 Å². The molecule has 68 valence electrons. The maximum Gasteiger partial charge on any atom is 0.192 e. The van der Waals surface area contributed by atoms with Gasteiger partial charge in [0.25, 0.3) is 0 Å². The summed E-state index contributed by atoms with van der Waals surface area (Å²) in [4.78, 5) is 0. The van der Waals surface area contributed by atoms with Crippen molar-refractivity contribution < 1.29 is 5.11 Å². The van der Waals surface area contributed by atoms with Crippen LogP contribution in [0.5, 0.6) is 5.88 Å². The van der Waals surface area contributed by atoms with Gasteiger partial charge in [0.15, 0.2) is 5.88 Å². The van der Waals surface area contributed by atoms with Gasteiger partial charge in [0.2, 0.25) is 0 Å². The van der Waals surface area contributed by atoms with Crippen LogP contribution in [0.15, 0.2) is 30.3 Å². The predicted molar refractivity (Wildman–Crippen MR) is 54.3 cm³/mol.